The van der Waals surface area contributed by atoms with E-state index >= 15 is 0 Å². The number of halogens is 3. The molecule has 0 aliphatic carbocycles. The molecule has 3 rings (SSSR count). The molecule has 1 aromatic heterocycles. The molecule has 0 spiro atoms. The van der Waals surface area contributed by atoms with Gasteiger partial charge in [0.25, 0.3) is 0 Å². The Balaban J connectivity index is 0.000000202. The van der Waals surface area contributed by atoms with E-state index in [0.29, 0.717) is 0 Å². The van der Waals surface area contributed by atoms with Crippen LogP contribution < -0.4 is 5.32 Å². The Morgan fingerprint density at radius 2 is 1.79 bits per heavy atom. The van der Waals surface area contributed by atoms with Gasteiger partial charge >= 0.3 is 6.18 Å². The van der Waals surface area contributed by atoms with Gasteiger partial charge in [0.15, 0.2) is 0 Å². The first kappa shape index (κ1) is 21.9. The number of hydrogen-bond acceptors (Lipinski definition) is 4. The Morgan fingerprint density at radius 1 is 1.14 bits per heavy atom. The van der Waals surface area contributed by atoms with E-state index in [-0.39, 0.29) is 17.2 Å². The van der Waals surface area contributed by atoms with E-state index in [9.17, 15) is 13.2 Å². The lowest BCUT2D eigenvalue weighted by Crippen LogP contribution is -2.28. The quantitative estimate of drug-likeness (QED) is 0.772. The summed E-state index contributed by atoms with van der Waals surface area (Å²) in [5, 5.41) is 2.57. The molecule has 0 atom stereocenters. The first-order valence-corrected chi connectivity index (χ1v) is 9.35. The predicted molar refractivity (Wildman–Crippen MR) is 107 cm³/mol. The topological polar surface area (TPSA) is 41.1 Å². The van der Waals surface area contributed by atoms with E-state index in [4.69, 9.17) is 0 Å². The van der Waals surface area contributed by atoms with Crippen LogP contribution in [0.15, 0.2) is 43.1 Å². The maximum absolute atomic E-state index is 12.5. The summed E-state index contributed by atoms with van der Waals surface area (Å²) in [5.74, 6) is 0.140. The van der Waals surface area contributed by atoms with Gasteiger partial charge in [-0.1, -0.05) is 43.3 Å². The molecule has 1 N–H and O–H groups in total. The molecule has 28 heavy (non-hydrogen) atoms. The minimum Gasteiger partial charge on any atom is -0.357 e. The lowest BCUT2D eigenvalue weighted by Gasteiger charge is -2.26. The van der Waals surface area contributed by atoms with Crippen molar-refractivity contribution in [3.8, 4) is 0 Å². The monoisotopic (exact) mass is 392 g/mol. The minimum atomic E-state index is -4.46. The highest BCUT2D eigenvalue weighted by Gasteiger charge is 2.35. The van der Waals surface area contributed by atoms with Gasteiger partial charge < -0.3 is 5.32 Å². The molecule has 152 valence electrons. The molecule has 2 aromatic rings. The molecule has 1 aromatic carbocycles. The maximum Gasteiger partial charge on any atom is 0.419 e. The Bertz CT molecular complexity index is 754. The van der Waals surface area contributed by atoms with Crippen molar-refractivity contribution < 1.29 is 13.2 Å². The highest BCUT2D eigenvalue weighted by molar-refractivity contribution is 5.62. The number of nitrogens with zero attached hydrogens (tertiary/aromatic N) is 3. The van der Waals surface area contributed by atoms with Crippen LogP contribution in [0.1, 0.15) is 43.0 Å². The van der Waals surface area contributed by atoms with Crippen LogP contribution >= 0.6 is 0 Å². The standard InChI is InChI=1S/C12H17N.C9H10F3N3/c1-3-7-12(8-4-1)11-13-9-5-2-6-10-13;1-5(2)7-6(9(10,11)12)4-14-8(13-3)15-7/h1,3-4,7-8H,2,5-6,9-11H2;4H,1H2,2-3H3,(H,13,14,15). The largest absolute Gasteiger partial charge is 0.419 e. The summed E-state index contributed by atoms with van der Waals surface area (Å²) in [5.41, 5.74) is 0.654. The third-order valence-electron chi connectivity index (χ3n) is 4.42. The van der Waals surface area contributed by atoms with Crippen LogP contribution in [0.3, 0.4) is 0 Å². The van der Waals surface area contributed by atoms with Crippen molar-refractivity contribution in [1.29, 1.82) is 0 Å². The molecule has 4 nitrogen and oxygen atoms in total. The number of benzene rings is 1. The molecule has 0 radical (unpaired) electrons. The molecule has 1 fully saturated rings. The Labute approximate surface area is 164 Å². The molecule has 1 aliphatic heterocycles. The summed E-state index contributed by atoms with van der Waals surface area (Å²) in [6.07, 6.45) is 0.481. The van der Waals surface area contributed by atoms with Crippen LogP contribution in [0.2, 0.25) is 0 Å². The van der Waals surface area contributed by atoms with Crippen molar-refractivity contribution in [2.75, 3.05) is 25.5 Å². The first-order valence-electron chi connectivity index (χ1n) is 9.35. The van der Waals surface area contributed by atoms with Gasteiger partial charge in [-0.3, -0.25) is 4.90 Å². The lowest BCUT2D eigenvalue weighted by molar-refractivity contribution is -0.138. The number of allylic oxidation sites excluding steroid dienone is 1. The second kappa shape index (κ2) is 10.2. The minimum absolute atomic E-state index is 0.140. The normalized spacial score (nSPS) is 14.8. The van der Waals surface area contributed by atoms with Crippen molar-refractivity contribution in [2.24, 2.45) is 0 Å². The van der Waals surface area contributed by atoms with Crippen LogP contribution in [0.25, 0.3) is 5.57 Å². The third kappa shape index (κ3) is 6.64. The van der Waals surface area contributed by atoms with Crippen molar-refractivity contribution in [3.63, 3.8) is 0 Å². The lowest BCUT2D eigenvalue weighted by atomic mass is 10.1. The van der Waals surface area contributed by atoms with Gasteiger partial charge in [0.1, 0.15) is 0 Å². The zero-order valence-electron chi connectivity index (χ0n) is 16.4. The number of likely N-dealkylation sites (tertiary alicyclic amines) is 1. The zero-order valence-corrected chi connectivity index (χ0v) is 16.4. The van der Waals surface area contributed by atoms with Crippen molar-refractivity contribution in [1.82, 2.24) is 14.9 Å². The SMILES string of the molecule is C=C(C)c1nc(NC)ncc1C(F)(F)F.c1ccc(CN2CCCCC2)cc1. The fraction of sp³-hybridized carbons (Fsp3) is 0.429. The molecule has 7 heteroatoms. The zero-order chi connectivity index (χ0) is 20.6. The highest BCUT2D eigenvalue weighted by Crippen LogP contribution is 2.33. The number of anilines is 1. The maximum atomic E-state index is 12.5. The van der Waals surface area contributed by atoms with Gasteiger partial charge in [-0.05, 0) is 44.0 Å². The summed E-state index contributed by atoms with van der Waals surface area (Å²) >= 11 is 0. The Hall–Kier alpha value is -2.41. The van der Waals surface area contributed by atoms with Gasteiger partial charge in [0.2, 0.25) is 5.95 Å². The average Bonchev–Trinajstić information content (AvgIpc) is 2.69. The number of aromatic nitrogens is 2. The van der Waals surface area contributed by atoms with Gasteiger partial charge in [0, 0.05) is 19.8 Å². The summed E-state index contributed by atoms with van der Waals surface area (Å²) < 4.78 is 37.5. The smallest absolute Gasteiger partial charge is 0.357 e. The summed E-state index contributed by atoms with van der Waals surface area (Å²) in [6.45, 7) is 8.64. The van der Waals surface area contributed by atoms with E-state index in [1.54, 1.807) is 0 Å². The second-order valence-corrected chi connectivity index (χ2v) is 6.81. The number of nitrogens with one attached hydrogen (secondary N) is 1. The van der Waals surface area contributed by atoms with Crippen LogP contribution in [0, 0.1) is 0 Å². The van der Waals surface area contributed by atoms with Gasteiger partial charge in [-0.2, -0.15) is 13.2 Å². The third-order valence-corrected chi connectivity index (χ3v) is 4.42. The molecule has 1 aliphatic rings. The molecular weight excluding hydrogens is 365 g/mol. The van der Waals surface area contributed by atoms with Gasteiger partial charge in [-0.25, -0.2) is 9.97 Å². The van der Waals surface area contributed by atoms with E-state index in [2.05, 4.69) is 57.1 Å². The predicted octanol–water partition coefficient (Wildman–Crippen LogP) is 5.24. The number of piperidine rings is 1. The molecule has 0 saturated carbocycles. The van der Waals surface area contributed by atoms with Crippen LogP contribution in [0.5, 0.6) is 0 Å². The van der Waals surface area contributed by atoms with E-state index < -0.39 is 11.7 Å². The number of rotatable bonds is 4. The molecule has 0 amide bonds. The van der Waals surface area contributed by atoms with Gasteiger partial charge in [0.05, 0.1) is 11.3 Å². The van der Waals surface area contributed by atoms with Crippen LogP contribution in [-0.4, -0.2) is 35.0 Å². The molecule has 1 saturated heterocycles. The summed E-state index contributed by atoms with van der Waals surface area (Å²) in [6, 6.07) is 10.8. The van der Waals surface area contributed by atoms with Crippen molar-refractivity contribution in [3.05, 3.63) is 59.9 Å². The van der Waals surface area contributed by atoms with Crippen molar-refractivity contribution >= 4 is 11.5 Å². The van der Waals surface area contributed by atoms with Crippen LogP contribution in [0.4, 0.5) is 19.1 Å². The number of alkyl halides is 3. The van der Waals surface area contributed by atoms with Crippen molar-refractivity contribution in [2.45, 2.75) is 38.9 Å². The fourth-order valence-corrected chi connectivity index (χ4v) is 2.99. The average molecular weight is 392 g/mol. The molecule has 2 heterocycles. The first-order chi connectivity index (χ1) is 13.3. The van der Waals surface area contributed by atoms with E-state index in [1.165, 1.54) is 51.9 Å². The molecule has 0 bridgehead atoms. The Kier molecular flexibility index (Phi) is 7.99. The second-order valence-electron chi connectivity index (χ2n) is 6.81. The summed E-state index contributed by atoms with van der Waals surface area (Å²) in [7, 11) is 1.53. The van der Waals surface area contributed by atoms with E-state index in [0.717, 1.165) is 12.7 Å². The summed E-state index contributed by atoms with van der Waals surface area (Å²) in [4.78, 5) is 9.79. The van der Waals surface area contributed by atoms with E-state index in [1.807, 2.05) is 0 Å². The number of hydrogen-bond donors (Lipinski definition) is 1. The van der Waals surface area contributed by atoms with Crippen LogP contribution in [-0.2, 0) is 12.7 Å². The molecular formula is C21H27F3N4. The fourth-order valence-electron chi connectivity index (χ4n) is 2.99. The van der Waals surface area contributed by atoms with Gasteiger partial charge in [-0.15, -0.1) is 0 Å². The highest BCUT2D eigenvalue weighted by atomic mass is 19.4. The Morgan fingerprint density at radius 3 is 2.32 bits per heavy atom. The molecule has 0 unspecified atom stereocenters.